The molecule has 104 valence electrons. The highest BCUT2D eigenvalue weighted by molar-refractivity contribution is 6.17. The quantitative estimate of drug-likeness (QED) is 0.804. The number of rotatable bonds is 4. The van der Waals surface area contributed by atoms with Crippen LogP contribution in [0.15, 0.2) is 18.2 Å². The van der Waals surface area contributed by atoms with E-state index in [2.05, 4.69) is 29.5 Å². The predicted octanol–water partition coefficient (Wildman–Crippen LogP) is 3.74. The molecule has 1 atom stereocenters. The number of imidazole rings is 1. The van der Waals surface area contributed by atoms with Crippen molar-refractivity contribution in [2.75, 3.05) is 5.88 Å². The van der Waals surface area contributed by atoms with Gasteiger partial charge in [0.1, 0.15) is 5.82 Å². The Labute approximate surface area is 124 Å². The average molecular weight is 288 g/mol. The Hall–Kier alpha value is -1.53. The highest BCUT2D eigenvalue weighted by Gasteiger charge is 2.45. The van der Waals surface area contributed by atoms with Gasteiger partial charge in [0.2, 0.25) is 0 Å². The second-order valence-corrected chi connectivity index (χ2v) is 6.66. The molecule has 0 aliphatic heterocycles. The van der Waals surface area contributed by atoms with E-state index >= 15 is 0 Å². The number of nitrogens with zero attached hydrogens (tertiary/aromatic N) is 3. The topological polar surface area (TPSA) is 41.6 Å². The molecule has 0 saturated heterocycles. The number of hydrogen-bond acceptors (Lipinski definition) is 2. The van der Waals surface area contributed by atoms with Crippen molar-refractivity contribution in [3.8, 4) is 6.07 Å². The number of aromatic nitrogens is 2. The SMILES string of the molecule is CC1(C)CC1Cn1c(CCCl)nc2ccc(C#N)cc21. The molecule has 1 aliphatic rings. The van der Waals surface area contributed by atoms with Crippen LogP contribution in [0.5, 0.6) is 0 Å². The van der Waals surface area contributed by atoms with Crippen LogP contribution in [0.2, 0.25) is 0 Å². The van der Waals surface area contributed by atoms with Crippen LogP contribution in [0.25, 0.3) is 11.0 Å². The molecular weight excluding hydrogens is 270 g/mol. The average Bonchev–Trinajstić information content (AvgIpc) is 2.88. The van der Waals surface area contributed by atoms with Crippen molar-refractivity contribution in [1.82, 2.24) is 9.55 Å². The molecule has 1 aromatic heterocycles. The lowest BCUT2D eigenvalue weighted by molar-refractivity contribution is 0.496. The summed E-state index contributed by atoms with van der Waals surface area (Å²) in [6, 6.07) is 7.90. The van der Waals surface area contributed by atoms with Crippen LogP contribution < -0.4 is 0 Å². The van der Waals surface area contributed by atoms with E-state index in [1.54, 1.807) is 0 Å². The number of fused-ring (bicyclic) bond motifs is 1. The Morgan fingerprint density at radius 2 is 2.25 bits per heavy atom. The fourth-order valence-electron chi connectivity index (χ4n) is 2.83. The van der Waals surface area contributed by atoms with E-state index in [-0.39, 0.29) is 0 Å². The van der Waals surface area contributed by atoms with Gasteiger partial charge in [-0.1, -0.05) is 13.8 Å². The normalized spacial score (nSPS) is 20.0. The maximum Gasteiger partial charge on any atom is 0.111 e. The van der Waals surface area contributed by atoms with Crippen LogP contribution in [0.1, 0.15) is 31.7 Å². The summed E-state index contributed by atoms with van der Waals surface area (Å²) in [7, 11) is 0. The summed E-state index contributed by atoms with van der Waals surface area (Å²) in [6.07, 6.45) is 2.02. The molecule has 0 radical (unpaired) electrons. The van der Waals surface area contributed by atoms with Crippen LogP contribution in [0, 0.1) is 22.7 Å². The van der Waals surface area contributed by atoms with Gasteiger partial charge in [-0.3, -0.25) is 0 Å². The van der Waals surface area contributed by atoms with Crippen molar-refractivity contribution in [3.05, 3.63) is 29.6 Å². The third-order valence-electron chi connectivity index (χ3n) is 4.39. The minimum atomic E-state index is 0.432. The number of aryl methyl sites for hydroxylation is 1. The summed E-state index contributed by atoms with van der Waals surface area (Å²) >= 11 is 5.90. The van der Waals surface area contributed by atoms with Gasteiger partial charge in [-0.2, -0.15) is 5.26 Å². The van der Waals surface area contributed by atoms with Crippen LogP contribution in [0.3, 0.4) is 0 Å². The molecular formula is C16H18ClN3. The lowest BCUT2D eigenvalue weighted by atomic mass is 10.1. The van der Waals surface area contributed by atoms with Gasteiger partial charge >= 0.3 is 0 Å². The van der Waals surface area contributed by atoms with Crippen molar-refractivity contribution in [2.24, 2.45) is 11.3 Å². The molecule has 3 rings (SSSR count). The predicted molar refractivity (Wildman–Crippen MR) is 80.8 cm³/mol. The molecule has 0 spiro atoms. The van der Waals surface area contributed by atoms with Gasteiger partial charge in [-0.15, -0.1) is 11.6 Å². The number of alkyl halides is 1. The number of halogens is 1. The third-order valence-corrected chi connectivity index (χ3v) is 4.58. The number of hydrogen-bond donors (Lipinski definition) is 0. The van der Waals surface area contributed by atoms with E-state index < -0.39 is 0 Å². The molecule has 1 aromatic carbocycles. The highest BCUT2D eigenvalue weighted by Crippen LogP contribution is 2.52. The Kier molecular flexibility index (Phi) is 3.22. The van der Waals surface area contributed by atoms with Gasteiger partial charge in [0.15, 0.2) is 0 Å². The van der Waals surface area contributed by atoms with Crippen molar-refractivity contribution in [3.63, 3.8) is 0 Å². The van der Waals surface area contributed by atoms with Gasteiger partial charge in [0.05, 0.1) is 22.7 Å². The van der Waals surface area contributed by atoms with E-state index in [9.17, 15) is 0 Å². The first-order chi connectivity index (χ1) is 9.55. The summed E-state index contributed by atoms with van der Waals surface area (Å²) in [5, 5.41) is 9.07. The Morgan fingerprint density at radius 1 is 1.50 bits per heavy atom. The minimum Gasteiger partial charge on any atom is -0.328 e. The molecule has 2 aromatic rings. The molecule has 1 heterocycles. The van der Waals surface area contributed by atoms with Crippen LogP contribution in [-0.2, 0) is 13.0 Å². The van der Waals surface area contributed by atoms with Crippen molar-refractivity contribution >= 4 is 22.6 Å². The van der Waals surface area contributed by atoms with Gasteiger partial charge in [0.25, 0.3) is 0 Å². The van der Waals surface area contributed by atoms with E-state index in [1.165, 1.54) is 6.42 Å². The van der Waals surface area contributed by atoms with Gasteiger partial charge in [-0.05, 0) is 36.0 Å². The second kappa shape index (κ2) is 4.79. The molecule has 1 unspecified atom stereocenters. The molecule has 0 N–H and O–H groups in total. The first-order valence-corrected chi connectivity index (χ1v) is 7.54. The fraction of sp³-hybridized carbons (Fsp3) is 0.500. The maximum absolute atomic E-state index is 9.07. The highest BCUT2D eigenvalue weighted by atomic mass is 35.5. The maximum atomic E-state index is 9.07. The zero-order valence-corrected chi connectivity index (χ0v) is 12.6. The van der Waals surface area contributed by atoms with E-state index in [0.717, 1.165) is 29.8 Å². The first kappa shape index (κ1) is 13.5. The smallest absolute Gasteiger partial charge is 0.111 e. The van der Waals surface area contributed by atoms with E-state index in [0.29, 0.717) is 22.8 Å². The van der Waals surface area contributed by atoms with Crippen molar-refractivity contribution in [1.29, 1.82) is 5.26 Å². The third kappa shape index (κ3) is 2.29. The summed E-state index contributed by atoms with van der Waals surface area (Å²) in [6.45, 7) is 5.59. The first-order valence-electron chi connectivity index (χ1n) is 7.00. The zero-order chi connectivity index (χ0) is 14.3. The van der Waals surface area contributed by atoms with Crippen LogP contribution >= 0.6 is 11.6 Å². The number of nitriles is 1. The Bertz CT molecular complexity index is 694. The Balaban J connectivity index is 2.05. The molecule has 1 fully saturated rings. The van der Waals surface area contributed by atoms with Crippen LogP contribution in [0.4, 0.5) is 0 Å². The Morgan fingerprint density at radius 3 is 2.85 bits per heavy atom. The molecule has 1 aliphatic carbocycles. The van der Waals surface area contributed by atoms with Gasteiger partial charge < -0.3 is 4.57 Å². The second-order valence-electron chi connectivity index (χ2n) is 6.28. The van der Waals surface area contributed by atoms with Gasteiger partial charge in [0, 0.05) is 18.8 Å². The number of benzene rings is 1. The zero-order valence-electron chi connectivity index (χ0n) is 11.9. The largest absolute Gasteiger partial charge is 0.328 e. The minimum absolute atomic E-state index is 0.432. The molecule has 0 amide bonds. The lowest BCUT2D eigenvalue weighted by Gasteiger charge is -2.10. The molecule has 1 saturated carbocycles. The summed E-state index contributed by atoms with van der Waals surface area (Å²) in [5.41, 5.74) is 3.14. The van der Waals surface area contributed by atoms with Crippen molar-refractivity contribution in [2.45, 2.75) is 33.2 Å². The summed E-state index contributed by atoms with van der Waals surface area (Å²) in [4.78, 5) is 4.68. The molecule has 0 bridgehead atoms. The van der Waals surface area contributed by atoms with Crippen molar-refractivity contribution < 1.29 is 0 Å². The summed E-state index contributed by atoms with van der Waals surface area (Å²) in [5.74, 6) is 2.30. The van der Waals surface area contributed by atoms with E-state index in [1.807, 2.05) is 18.2 Å². The fourth-order valence-corrected chi connectivity index (χ4v) is 3.00. The monoisotopic (exact) mass is 287 g/mol. The molecule has 3 nitrogen and oxygen atoms in total. The van der Waals surface area contributed by atoms with Gasteiger partial charge in [-0.25, -0.2) is 4.98 Å². The standard InChI is InChI=1S/C16H18ClN3/c1-16(2)8-12(16)10-20-14-7-11(9-18)3-4-13(14)19-15(20)5-6-17/h3-4,7,12H,5-6,8,10H2,1-2H3. The summed E-state index contributed by atoms with van der Waals surface area (Å²) < 4.78 is 2.26. The lowest BCUT2D eigenvalue weighted by Crippen LogP contribution is -2.08. The van der Waals surface area contributed by atoms with Crippen LogP contribution in [-0.4, -0.2) is 15.4 Å². The molecule has 4 heteroatoms. The molecule has 20 heavy (non-hydrogen) atoms. The van der Waals surface area contributed by atoms with E-state index in [4.69, 9.17) is 16.9 Å².